The molecule has 4 nitrogen and oxygen atoms in total. The zero-order chi connectivity index (χ0) is 14.7. The first-order chi connectivity index (χ1) is 10.2. The van der Waals surface area contributed by atoms with E-state index in [4.69, 9.17) is 4.74 Å². The molecule has 2 fully saturated rings. The standard InChI is InChI=1S/C17H23NO3/c19-15-7-3-2-6-14(15)18-17(20)13-5-1-4-8-16(13)21-11-12-9-10-12/h1,4-5,8,12,14-15,19H,2-3,6-7,9-11H2,(H,18,20). The summed E-state index contributed by atoms with van der Waals surface area (Å²) in [6.07, 6.45) is 5.73. The molecule has 0 aliphatic heterocycles. The van der Waals surface area contributed by atoms with Crippen molar-refractivity contribution in [2.45, 2.75) is 50.7 Å². The van der Waals surface area contributed by atoms with Crippen molar-refractivity contribution in [3.8, 4) is 5.75 Å². The lowest BCUT2D eigenvalue weighted by Gasteiger charge is -2.28. The largest absolute Gasteiger partial charge is 0.492 e. The Bertz CT molecular complexity index is 499. The first kappa shape index (κ1) is 14.4. The summed E-state index contributed by atoms with van der Waals surface area (Å²) < 4.78 is 5.77. The maximum atomic E-state index is 12.4. The monoisotopic (exact) mass is 289 g/mol. The number of hydrogen-bond donors (Lipinski definition) is 2. The molecule has 0 radical (unpaired) electrons. The topological polar surface area (TPSA) is 58.6 Å². The fourth-order valence-electron chi connectivity index (χ4n) is 2.80. The lowest BCUT2D eigenvalue weighted by molar-refractivity contribution is 0.0714. The minimum absolute atomic E-state index is 0.136. The van der Waals surface area contributed by atoms with Gasteiger partial charge in [0.05, 0.1) is 24.3 Å². The molecule has 2 saturated carbocycles. The van der Waals surface area contributed by atoms with Gasteiger partial charge in [0, 0.05) is 0 Å². The average molecular weight is 289 g/mol. The number of amides is 1. The second-order valence-electron chi connectivity index (χ2n) is 6.18. The lowest BCUT2D eigenvalue weighted by atomic mass is 9.92. The first-order valence-electron chi connectivity index (χ1n) is 7.95. The first-order valence-corrected chi connectivity index (χ1v) is 7.95. The van der Waals surface area contributed by atoms with E-state index in [1.54, 1.807) is 6.07 Å². The van der Waals surface area contributed by atoms with Gasteiger partial charge in [-0.15, -0.1) is 0 Å². The van der Waals surface area contributed by atoms with Crippen LogP contribution in [-0.2, 0) is 0 Å². The van der Waals surface area contributed by atoms with Gasteiger partial charge >= 0.3 is 0 Å². The molecule has 2 unspecified atom stereocenters. The van der Waals surface area contributed by atoms with E-state index in [2.05, 4.69) is 5.32 Å². The van der Waals surface area contributed by atoms with E-state index >= 15 is 0 Å². The predicted octanol–water partition coefficient (Wildman–Crippen LogP) is 2.51. The number of rotatable bonds is 5. The molecule has 0 spiro atoms. The van der Waals surface area contributed by atoms with Gasteiger partial charge in [0.2, 0.25) is 0 Å². The highest BCUT2D eigenvalue weighted by Gasteiger charge is 2.26. The summed E-state index contributed by atoms with van der Waals surface area (Å²) in [4.78, 5) is 12.4. The SMILES string of the molecule is O=C(NC1CCCCC1O)c1ccccc1OCC1CC1. The van der Waals surface area contributed by atoms with Gasteiger partial charge in [0.15, 0.2) is 0 Å². The number of carbonyl (C=O) groups excluding carboxylic acids is 1. The van der Waals surface area contributed by atoms with Crippen molar-refractivity contribution in [2.75, 3.05) is 6.61 Å². The second kappa shape index (κ2) is 6.48. The molecule has 2 aliphatic carbocycles. The van der Waals surface area contributed by atoms with Gasteiger partial charge < -0.3 is 15.2 Å². The van der Waals surface area contributed by atoms with Crippen LogP contribution in [0.3, 0.4) is 0 Å². The molecular formula is C17H23NO3. The third-order valence-corrected chi connectivity index (χ3v) is 4.35. The Morgan fingerprint density at radius 3 is 2.71 bits per heavy atom. The van der Waals surface area contributed by atoms with Crippen molar-refractivity contribution in [1.82, 2.24) is 5.32 Å². The highest BCUT2D eigenvalue weighted by atomic mass is 16.5. The highest BCUT2D eigenvalue weighted by Crippen LogP contribution is 2.30. The summed E-state index contributed by atoms with van der Waals surface area (Å²) >= 11 is 0. The molecule has 1 aromatic rings. The van der Waals surface area contributed by atoms with E-state index in [0.29, 0.717) is 23.8 Å². The Labute approximate surface area is 125 Å². The Morgan fingerprint density at radius 2 is 1.95 bits per heavy atom. The number of para-hydroxylation sites is 1. The van der Waals surface area contributed by atoms with E-state index in [1.165, 1.54) is 12.8 Å². The zero-order valence-corrected chi connectivity index (χ0v) is 12.3. The van der Waals surface area contributed by atoms with Gasteiger partial charge in [-0.1, -0.05) is 25.0 Å². The van der Waals surface area contributed by atoms with Crippen molar-refractivity contribution in [1.29, 1.82) is 0 Å². The predicted molar refractivity (Wildman–Crippen MR) is 80.4 cm³/mol. The molecule has 2 aliphatic rings. The van der Waals surface area contributed by atoms with Crippen LogP contribution in [0, 0.1) is 5.92 Å². The lowest BCUT2D eigenvalue weighted by Crippen LogP contribution is -2.45. The summed E-state index contributed by atoms with van der Waals surface area (Å²) in [7, 11) is 0. The molecular weight excluding hydrogens is 266 g/mol. The molecule has 1 amide bonds. The number of hydrogen-bond acceptors (Lipinski definition) is 3. The fourth-order valence-corrected chi connectivity index (χ4v) is 2.80. The third kappa shape index (κ3) is 3.76. The summed E-state index contributed by atoms with van der Waals surface area (Å²) in [5, 5.41) is 12.9. The average Bonchev–Trinajstić information content (AvgIpc) is 3.32. The molecule has 2 N–H and O–H groups in total. The summed E-state index contributed by atoms with van der Waals surface area (Å²) in [5.74, 6) is 1.15. The maximum Gasteiger partial charge on any atom is 0.255 e. The minimum Gasteiger partial charge on any atom is -0.492 e. The molecule has 3 rings (SSSR count). The minimum atomic E-state index is -0.428. The van der Waals surface area contributed by atoms with Crippen molar-refractivity contribution in [2.24, 2.45) is 5.92 Å². The number of ether oxygens (including phenoxy) is 1. The Morgan fingerprint density at radius 1 is 1.19 bits per heavy atom. The van der Waals surface area contributed by atoms with Gasteiger partial charge in [-0.05, 0) is 43.7 Å². The molecule has 0 aromatic heterocycles. The van der Waals surface area contributed by atoms with Crippen LogP contribution in [0.15, 0.2) is 24.3 Å². The third-order valence-electron chi connectivity index (χ3n) is 4.35. The number of benzene rings is 1. The van der Waals surface area contributed by atoms with Crippen LogP contribution < -0.4 is 10.1 Å². The second-order valence-corrected chi connectivity index (χ2v) is 6.18. The van der Waals surface area contributed by atoms with E-state index in [-0.39, 0.29) is 11.9 Å². The van der Waals surface area contributed by atoms with Crippen molar-refractivity contribution in [3.63, 3.8) is 0 Å². The van der Waals surface area contributed by atoms with Crippen LogP contribution in [0.25, 0.3) is 0 Å². The summed E-state index contributed by atoms with van der Waals surface area (Å²) in [6, 6.07) is 7.22. The van der Waals surface area contributed by atoms with Gasteiger partial charge in [0.1, 0.15) is 5.75 Å². The van der Waals surface area contributed by atoms with Gasteiger partial charge in [-0.3, -0.25) is 4.79 Å². The van der Waals surface area contributed by atoms with E-state index in [9.17, 15) is 9.90 Å². The molecule has 4 heteroatoms. The molecule has 1 aromatic carbocycles. The quantitative estimate of drug-likeness (QED) is 0.875. The van der Waals surface area contributed by atoms with Crippen LogP contribution >= 0.6 is 0 Å². The van der Waals surface area contributed by atoms with Gasteiger partial charge in [-0.2, -0.15) is 0 Å². The van der Waals surface area contributed by atoms with Crippen LogP contribution in [0.2, 0.25) is 0 Å². The number of aliphatic hydroxyl groups is 1. The van der Waals surface area contributed by atoms with Crippen LogP contribution in [0.5, 0.6) is 5.75 Å². The van der Waals surface area contributed by atoms with Crippen LogP contribution in [-0.4, -0.2) is 29.8 Å². The van der Waals surface area contributed by atoms with Crippen LogP contribution in [0.4, 0.5) is 0 Å². The molecule has 2 atom stereocenters. The Balaban J connectivity index is 1.65. The molecule has 0 bridgehead atoms. The normalized spacial score (nSPS) is 25.4. The summed E-state index contributed by atoms with van der Waals surface area (Å²) in [6.45, 7) is 0.691. The molecule has 0 heterocycles. The van der Waals surface area contributed by atoms with Crippen molar-refractivity contribution in [3.05, 3.63) is 29.8 Å². The Kier molecular flexibility index (Phi) is 4.44. The van der Waals surface area contributed by atoms with E-state index < -0.39 is 6.10 Å². The smallest absolute Gasteiger partial charge is 0.255 e. The summed E-state index contributed by atoms with van der Waals surface area (Å²) in [5.41, 5.74) is 0.566. The Hall–Kier alpha value is -1.55. The molecule has 114 valence electrons. The van der Waals surface area contributed by atoms with Gasteiger partial charge in [0.25, 0.3) is 5.91 Å². The molecule has 21 heavy (non-hydrogen) atoms. The highest BCUT2D eigenvalue weighted by molar-refractivity contribution is 5.97. The van der Waals surface area contributed by atoms with E-state index in [1.807, 2.05) is 18.2 Å². The van der Waals surface area contributed by atoms with Crippen molar-refractivity contribution < 1.29 is 14.6 Å². The number of nitrogens with one attached hydrogen (secondary N) is 1. The number of carbonyl (C=O) groups is 1. The van der Waals surface area contributed by atoms with E-state index in [0.717, 1.165) is 25.7 Å². The number of aliphatic hydroxyl groups excluding tert-OH is 1. The molecule has 0 saturated heterocycles. The van der Waals surface area contributed by atoms with Gasteiger partial charge in [-0.25, -0.2) is 0 Å². The zero-order valence-electron chi connectivity index (χ0n) is 12.3. The maximum absolute atomic E-state index is 12.4. The fraction of sp³-hybridized carbons (Fsp3) is 0.588. The van der Waals surface area contributed by atoms with Crippen LogP contribution in [0.1, 0.15) is 48.9 Å². The van der Waals surface area contributed by atoms with Crippen molar-refractivity contribution >= 4 is 5.91 Å².